The van der Waals surface area contributed by atoms with E-state index in [1.165, 1.54) is 25.7 Å². The second kappa shape index (κ2) is 2.91. The Hall–Kier alpha value is -0.0400. The fraction of sp³-hybridized carbons (Fsp3) is 0.889. The van der Waals surface area contributed by atoms with Gasteiger partial charge >= 0.3 is 0 Å². The first-order valence-electron chi connectivity index (χ1n) is 4.23. The van der Waals surface area contributed by atoms with Crippen LogP contribution in [0.4, 0.5) is 0 Å². The van der Waals surface area contributed by atoms with Crippen LogP contribution in [0.1, 0.15) is 25.7 Å². The first-order valence-corrected chi connectivity index (χ1v) is 4.23. The largest absolute Gasteiger partial charge is 0.328 e. The summed E-state index contributed by atoms with van der Waals surface area (Å²) in [6.07, 6.45) is 7.87. The molecule has 1 aliphatic carbocycles. The summed E-state index contributed by atoms with van der Waals surface area (Å²) >= 11 is 0. The molecule has 1 fully saturated rings. The molecule has 0 aliphatic heterocycles. The van der Waals surface area contributed by atoms with Gasteiger partial charge in [0.1, 0.15) is 0 Å². The van der Waals surface area contributed by atoms with Crippen LogP contribution in [0.5, 0.6) is 0 Å². The lowest BCUT2D eigenvalue weighted by molar-refractivity contribution is -0.897. The number of quaternary nitrogens is 1. The van der Waals surface area contributed by atoms with Crippen molar-refractivity contribution in [3.63, 3.8) is 0 Å². The van der Waals surface area contributed by atoms with Crippen LogP contribution in [0, 0.1) is 6.42 Å². The van der Waals surface area contributed by atoms with Gasteiger partial charge in [-0.2, -0.15) is 0 Å². The molecule has 1 rings (SSSR count). The van der Waals surface area contributed by atoms with Crippen molar-refractivity contribution < 1.29 is 4.48 Å². The minimum atomic E-state index is 0.907. The topological polar surface area (TPSA) is 0 Å². The van der Waals surface area contributed by atoms with Crippen molar-refractivity contribution in [1.29, 1.82) is 0 Å². The molecule has 0 amide bonds. The first-order chi connectivity index (χ1) is 4.61. The Morgan fingerprint density at radius 3 is 1.90 bits per heavy atom. The molecule has 0 spiro atoms. The predicted octanol–water partition coefficient (Wildman–Crippen LogP) is 1.84. The Morgan fingerprint density at radius 2 is 1.60 bits per heavy atom. The zero-order valence-corrected chi connectivity index (χ0v) is 7.43. The van der Waals surface area contributed by atoms with Gasteiger partial charge in [0.25, 0.3) is 0 Å². The minimum absolute atomic E-state index is 0.907. The molecule has 0 aromatic heterocycles. The highest BCUT2D eigenvalue weighted by molar-refractivity contribution is 4.76. The van der Waals surface area contributed by atoms with Crippen molar-refractivity contribution in [1.82, 2.24) is 0 Å². The van der Waals surface area contributed by atoms with Crippen molar-refractivity contribution >= 4 is 0 Å². The molecular formula is C9H19N+. The Morgan fingerprint density at radius 1 is 1.10 bits per heavy atom. The number of rotatable bonds is 1. The molecule has 0 aromatic rings. The quantitative estimate of drug-likeness (QED) is 0.489. The van der Waals surface area contributed by atoms with E-state index in [4.69, 9.17) is 0 Å². The summed E-state index contributed by atoms with van der Waals surface area (Å²) in [5, 5.41) is 0. The van der Waals surface area contributed by atoms with Gasteiger partial charge in [-0.3, -0.25) is 0 Å². The van der Waals surface area contributed by atoms with Gasteiger partial charge in [-0.15, -0.1) is 0 Å². The summed E-state index contributed by atoms with van der Waals surface area (Å²) < 4.78 is 1.15. The lowest BCUT2D eigenvalue weighted by Gasteiger charge is -2.36. The van der Waals surface area contributed by atoms with E-state index < -0.39 is 0 Å². The third kappa shape index (κ3) is 1.98. The normalized spacial score (nSPS) is 23.1. The van der Waals surface area contributed by atoms with E-state index in [0.29, 0.717) is 0 Å². The molecule has 1 nitrogen and oxygen atoms in total. The van der Waals surface area contributed by atoms with Gasteiger partial charge in [-0.1, -0.05) is 0 Å². The van der Waals surface area contributed by atoms with Gasteiger partial charge in [0.05, 0.1) is 27.2 Å². The van der Waals surface area contributed by atoms with Gasteiger partial charge in [-0.25, -0.2) is 0 Å². The van der Waals surface area contributed by atoms with Crippen LogP contribution in [0.3, 0.4) is 0 Å². The highest BCUT2D eigenvalue weighted by Crippen LogP contribution is 2.23. The number of nitrogens with zero attached hydrogens (tertiary/aromatic N) is 1. The first kappa shape index (κ1) is 8.06. The molecule has 0 N–H and O–H groups in total. The molecule has 0 bridgehead atoms. The van der Waals surface area contributed by atoms with E-state index in [2.05, 4.69) is 27.6 Å². The second-order valence-electron chi connectivity index (χ2n) is 4.21. The number of hydrogen-bond donors (Lipinski definition) is 0. The average Bonchev–Trinajstić information content (AvgIpc) is 1.88. The summed E-state index contributed by atoms with van der Waals surface area (Å²) in [5.41, 5.74) is 0. The monoisotopic (exact) mass is 141 g/mol. The van der Waals surface area contributed by atoms with E-state index in [0.717, 1.165) is 10.5 Å². The molecule has 0 aromatic carbocycles. The molecule has 0 unspecified atom stereocenters. The smallest absolute Gasteiger partial charge is 0.0884 e. The maximum atomic E-state index is 2.42. The van der Waals surface area contributed by atoms with Crippen molar-refractivity contribution in [3.05, 3.63) is 6.42 Å². The molecule has 1 heteroatoms. The van der Waals surface area contributed by atoms with Crippen molar-refractivity contribution in [2.75, 3.05) is 21.1 Å². The number of hydrogen-bond acceptors (Lipinski definition) is 0. The second-order valence-corrected chi connectivity index (χ2v) is 4.21. The van der Waals surface area contributed by atoms with Gasteiger partial charge < -0.3 is 4.48 Å². The van der Waals surface area contributed by atoms with Crippen LogP contribution in [0.2, 0.25) is 0 Å². The standard InChI is InChI=1S/C9H19N/c1-10(2,3)9-7-5-4-6-8-9/h4,9H,5-8H2,1-3H3/q+1. The molecule has 0 saturated heterocycles. The molecule has 0 atom stereocenters. The van der Waals surface area contributed by atoms with Crippen LogP contribution in [-0.2, 0) is 0 Å². The summed E-state index contributed by atoms with van der Waals surface area (Å²) in [6, 6.07) is 0.907. The average molecular weight is 141 g/mol. The molecule has 1 saturated carbocycles. The maximum Gasteiger partial charge on any atom is 0.0884 e. The Balaban J connectivity index is 2.39. The van der Waals surface area contributed by atoms with E-state index in [1.54, 1.807) is 0 Å². The molecule has 0 heterocycles. The van der Waals surface area contributed by atoms with E-state index in [-0.39, 0.29) is 0 Å². The lowest BCUT2D eigenvalue weighted by Crippen LogP contribution is -2.45. The van der Waals surface area contributed by atoms with Crippen molar-refractivity contribution in [2.24, 2.45) is 0 Å². The fourth-order valence-corrected chi connectivity index (χ4v) is 1.68. The van der Waals surface area contributed by atoms with Crippen LogP contribution in [0.15, 0.2) is 0 Å². The van der Waals surface area contributed by atoms with Gasteiger partial charge in [0, 0.05) is 0 Å². The maximum absolute atomic E-state index is 2.42. The highest BCUT2D eigenvalue weighted by atomic mass is 15.3. The van der Waals surface area contributed by atoms with E-state index in [1.807, 2.05) is 0 Å². The highest BCUT2D eigenvalue weighted by Gasteiger charge is 2.25. The SMILES string of the molecule is C[N+](C)(C)C1CC[CH]CC1. The summed E-state index contributed by atoms with van der Waals surface area (Å²) in [6.45, 7) is 0. The zero-order valence-electron chi connectivity index (χ0n) is 7.43. The van der Waals surface area contributed by atoms with Crippen LogP contribution >= 0.6 is 0 Å². The third-order valence-corrected chi connectivity index (χ3v) is 2.50. The summed E-state index contributed by atoms with van der Waals surface area (Å²) in [7, 11) is 6.90. The van der Waals surface area contributed by atoms with E-state index in [9.17, 15) is 0 Å². The van der Waals surface area contributed by atoms with Gasteiger partial charge in [-0.05, 0) is 32.1 Å². The van der Waals surface area contributed by atoms with Crippen molar-refractivity contribution in [3.8, 4) is 0 Å². The molecule has 1 radical (unpaired) electrons. The molecule has 1 aliphatic rings. The third-order valence-electron chi connectivity index (χ3n) is 2.50. The van der Waals surface area contributed by atoms with Crippen LogP contribution < -0.4 is 0 Å². The minimum Gasteiger partial charge on any atom is -0.328 e. The summed E-state index contributed by atoms with van der Waals surface area (Å²) in [5.74, 6) is 0. The van der Waals surface area contributed by atoms with Crippen LogP contribution in [-0.4, -0.2) is 31.7 Å². The molecule has 10 heavy (non-hydrogen) atoms. The Labute approximate surface area is 64.6 Å². The predicted molar refractivity (Wildman–Crippen MR) is 44.6 cm³/mol. The molecule has 59 valence electrons. The molecular weight excluding hydrogens is 122 g/mol. The van der Waals surface area contributed by atoms with Gasteiger partial charge in [0.15, 0.2) is 0 Å². The van der Waals surface area contributed by atoms with Gasteiger partial charge in [0.2, 0.25) is 0 Å². The van der Waals surface area contributed by atoms with E-state index >= 15 is 0 Å². The Kier molecular flexibility index (Phi) is 2.35. The van der Waals surface area contributed by atoms with Crippen LogP contribution in [0.25, 0.3) is 0 Å². The summed E-state index contributed by atoms with van der Waals surface area (Å²) in [4.78, 5) is 0. The Bertz CT molecular complexity index is 95.8. The lowest BCUT2D eigenvalue weighted by atomic mass is 9.94. The van der Waals surface area contributed by atoms with Crippen molar-refractivity contribution in [2.45, 2.75) is 31.7 Å². The zero-order chi connectivity index (χ0) is 7.61. The fourth-order valence-electron chi connectivity index (χ4n) is 1.68.